The fraction of sp³-hybridized carbons (Fsp3) is 0.389. The van der Waals surface area contributed by atoms with Gasteiger partial charge < -0.3 is 9.64 Å². The van der Waals surface area contributed by atoms with Crippen molar-refractivity contribution in [1.82, 2.24) is 9.88 Å². The van der Waals surface area contributed by atoms with Gasteiger partial charge in [0.25, 0.3) is 5.91 Å². The molecule has 132 valence electrons. The number of nitrogens with zero attached hydrogens (tertiary/aromatic N) is 2. The van der Waals surface area contributed by atoms with Crippen LogP contribution in [0.4, 0.5) is 5.13 Å². The van der Waals surface area contributed by atoms with Gasteiger partial charge in [-0.1, -0.05) is 0 Å². The summed E-state index contributed by atoms with van der Waals surface area (Å²) < 4.78 is 5.82. The second kappa shape index (κ2) is 6.57. The van der Waals surface area contributed by atoms with Gasteiger partial charge in [0.2, 0.25) is 0 Å². The van der Waals surface area contributed by atoms with E-state index in [9.17, 15) is 9.59 Å². The Hall–Kier alpha value is -2.25. The van der Waals surface area contributed by atoms with Gasteiger partial charge in [-0.3, -0.25) is 14.9 Å². The Bertz CT molecular complexity index is 827. The highest BCUT2D eigenvalue weighted by Crippen LogP contribution is 2.33. The molecule has 25 heavy (non-hydrogen) atoms. The first kappa shape index (κ1) is 17.6. The van der Waals surface area contributed by atoms with Crippen LogP contribution in [0.3, 0.4) is 0 Å². The maximum absolute atomic E-state index is 12.5. The van der Waals surface area contributed by atoms with Crippen molar-refractivity contribution in [3.8, 4) is 5.75 Å². The standard InChI is InChI=1S/C18H21N3O3S/c1-18(2)8-14(22)13-7-11(5-6-15(13)24-18)16(23)20-17-19-12(10-25-17)9-21(3)4/h5-7,10H,8-9H2,1-4H3,(H,19,20,23). The Balaban J connectivity index is 1.76. The molecule has 2 aromatic rings. The van der Waals surface area contributed by atoms with Crippen LogP contribution in [-0.4, -0.2) is 41.3 Å². The molecule has 7 heteroatoms. The van der Waals surface area contributed by atoms with Gasteiger partial charge in [-0.2, -0.15) is 0 Å². The molecule has 0 saturated heterocycles. The first-order valence-electron chi connectivity index (χ1n) is 8.00. The molecule has 1 aromatic heterocycles. The molecule has 0 bridgehead atoms. The van der Waals surface area contributed by atoms with Crippen LogP contribution in [0.5, 0.6) is 5.75 Å². The molecular weight excluding hydrogens is 338 g/mol. The molecule has 1 amide bonds. The van der Waals surface area contributed by atoms with Crippen LogP contribution in [0.2, 0.25) is 0 Å². The lowest BCUT2D eigenvalue weighted by Crippen LogP contribution is -2.36. The third kappa shape index (κ3) is 4.05. The van der Waals surface area contributed by atoms with Gasteiger partial charge in [-0.25, -0.2) is 4.98 Å². The zero-order chi connectivity index (χ0) is 18.2. The molecule has 0 atom stereocenters. The maximum Gasteiger partial charge on any atom is 0.257 e. The van der Waals surface area contributed by atoms with E-state index in [-0.39, 0.29) is 11.7 Å². The molecule has 0 fully saturated rings. The van der Waals surface area contributed by atoms with Gasteiger partial charge in [0.05, 0.1) is 17.7 Å². The number of benzene rings is 1. The number of carbonyl (C=O) groups excluding carboxylic acids is 2. The van der Waals surface area contributed by atoms with E-state index in [2.05, 4.69) is 10.3 Å². The highest BCUT2D eigenvalue weighted by molar-refractivity contribution is 7.13. The molecule has 1 aromatic carbocycles. The summed E-state index contributed by atoms with van der Waals surface area (Å²) in [4.78, 5) is 31.2. The average molecular weight is 359 g/mol. The van der Waals surface area contributed by atoms with Crippen LogP contribution in [-0.2, 0) is 6.54 Å². The summed E-state index contributed by atoms with van der Waals surface area (Å²) in [6, 6.07) is 4.94. The number of thiazole rings is 1. The minimum absolute atomic E-state index is 0.0107. The van der Waals surface area contributed by atoms with E-state index in [0.29, 0.717) is 35.0 Å². The molecule has 1 aliphatic rings. The van der Waals surface area contributed by atoms with Crippen LogP contribution < -0.4 is 10.1 Å². The van der Waals surface area contributed by atoms with Gasteiger partial charge in [-0.15, -0.1) is 11.3 Å². The monoisotopic (exact) mass is 359 g/mol. The number of hydrogen-bond donors (Lipinski definition) is 1. The zero-order valence-electron chi connectivity index (χ0n) is 14.8. The highest BCUT2D eigenvalue weighted by atomic mass is 32.1. The van der Waals surface area contributed by atoms with Crippen LogP contribution in [0.25, 0.3) is 0 Å². The first-order chi connectivity index (χ1) is 11.7. The van der Waals surface area contributed by atoms with Crippen molar-refractivity contribution < 1.29 is 14.3 Å². The Labute approximate surface area is 150 Å². The average Bonchev–Trinajstić information content (AvgIpc) is 2.92. The van der Waals surface area contributed by atoms with Crippen molar-refractivity contribution in [2.24, 2.45) is 0 Å². The summed E-state index contributed by atoms with van der Waals surface area (Å²) in [5.74, 6) is 0.231. The summed E-state index contributed by atoms with van der Waals surface area (Å²) in [5, 5.41) is 5.25. The van der Waals surface area contributed by atoms with Crippen molar-refractivity contribution in [2.75, 3.05) is 19.4 Å². The van der Waals surface area contributed by atoms with E-state index in [1.165, 1.54) is 11.3 Å². The van der Waals surface area contributed by atoms with Crippen molar-refractivity contribution in [1.29, 1.82) is 0 Å². The highest BCUT2D eigenvalue weighted by Gasteiger charge is 2.32. The molecule has 1 N–H and O–H groups in total. The predicted octanol–water partition coefficient (Wildman–Crippen LogP) is 3.20. The normalized spacial score (nSPS) is 15.6. The molecule has 2 heterocycles. The number of hydrogen-bond acceptors (Lipinski definition) is 6. The molecule has 3 rings (SSSR count). The number of rotatable bonds is 4. The lowest BCUT2D eigenvalue weighted by molar-refractivity contribution is 0.0620. The van der Waals surface area contributed by atoms with Gasteiger partial charge in [0.1, 0.15) is 11.4 Å². The van der Waals surface area contributed by atoms with Crippen molar-refractivity contribution in [3.63, 3.8) is 0 Å². The largest absolute Gasteiger partial charge is 0.487 e. The van der Waals surface area contributed by atoms with Gasteiger partial charge in [0.15, 0.2) is 10.9 Å². The first-order valence-corrected chi connectivity index (χ1v) is 8.88. The van der Waals surface area contributed by atoms with E-state index in [0.717, 1.165) is 5.69 Å². The number of aromatic nitrogens is 1. The Morgan fingerprint density at radius 2 is 2.16 bits per heavy atom. The third-order valence-corrected chi connectivity index (χ3v) is 4.57. The number of fused-ring (bicyclic) bond motifs is 1. The van der Waals surface area contributed by atoms with E-state index in [4.69, 9.17) is 4.74 Å². The van der Waals surface area contributed by atoms with Gasteiger partial charge >= 0.3 is 0 Å². The molecular formula is C18H21N3O3S. The fourth-order valence-corrected chi connectivity index (χ4v) is 3.42. The van der Waals surface area contributed by atoms with Crippen LogP contribution in [0.15, 0.2) is 23.6 Å². The third-order valence-electron chi connectivity index (χ3n) is 3.77. The number of ketones is 1. The van der Waals surface area contributed by atoms with E-state index in [1.807, 2.05) is 38.2 Å². The molecule has 0 spiro atoms. The van der Waals surface area contributed by atoms with Crippen LogP contribution >= 0.6 is 11.3 Å². The Morgan fingerprint density at radius 3 is 2.88 bits per heavy atom. The number of carbonyl (C=O) groups is 2. The molecule has 6 nitrogen and oxygen atoms in total. The fourth-order valence-electron chi connectivity index (χ4n) is 2.72. The smallest absolute Gasteiger partial charge is 0.257 e. The zero-order valence-corrected chi connectivity index (χ0v) is 15.6. The van der Waals surface area contributed by atoms with E-state index in [1.54, 1.807) is 18.2 Å². The summed E-state index contributed by atoms with van der Waals surface area (Å²) in [5.41, 5.74) is 1.26. The lowest BCUT2D eigenvalue weighted by Gasteiger charge is -2.31. The summed E-state index contributed by atoms with van der Waals surface area (Å²) in [6.45, 7) is 4.47. The second-order valence-corrected chi connectivity index (χ2v) is 7.87. The molecule has 1 aliphatic heterocycles. The molecule has 0 saturated carbocycles. The van der Waals surface area contributed by atoms with Crippen molar-refractivity contribution in [2.45, 2.75) is 32.4 Å². The van der Waals surface area contributed by atoms with Crippen LogP contribution in [0.1, 0.15) is 46.7 Å². The van der Waals surface area contributed by atoms with Crippen LogP contribution in [0, 0.1) is 0 Å². The van der Waals surface area contributed by atoms with E-state index >= 15 is 0 Å². The Morgan fingerprint density at radius 1 is 1.40 bits per heavy atom. The van der Waals surface area contributed by atoms with Gasteiger partial charge in [0, 0.05) is 17.5 Å². The minimum atomic E-state index is -0.516. The molecule has 0 unspecified atom stereocenters. The summed E-state index contributed by atoms with van der Waals surface area (Å²) in [6.07, 6.45) is 0.297. The Kier molecular flexibility index (Phi) is 4.62. The summed E-state index contributed by atoms with van der Waals surface area (Å²) in [7, 11) is 3.93. The minimum Gasteiger partial charge on any atom is -0.487 e. The number of ether oxygens (including phenoxy) is 1. The predicted molar refractivity (Wildman–Crippen MR) is 97.6 cm³/mol. The number of Topliss-reactive ketones (excluding diaryl/α,β-unsaturated/α-hetero) is 1. The summed E-state index contributed by atoms with van der Waals surface area (Å²) >= 11 is 1.38. The van der Waals surface area contributed by atoms with Crippen molar-refractivity contribution in [3.05, 3.63) is 40.4 Å². The second-order valence-electron chi connectivity index (χ2n) is 7.01. The molecule has 0 radical (unpaired) electrons. The quantitative estimate of drug-likeness (QED) is 0.908. The van der Waals surface area contributed by atoms with Gasteiger partial charge in [-0.05, 0) is 46.1 Å². The number of anilines is 1. The molecule has 0 aliphatic carbocycles. The lowest BCUT2D eigenvalue weighted by atomic mass is 9.92. The topological polar surface area (TPSA) is 71.5 Å². The SMILES string of the molecule is CN(C)Cc1csc(NC(=O)c2ccc3c(c2)C(=O)CC(C)(C)O3)n1. The number of amides is 1. The van der Waals surface area contributed by atoms with E-state index < -0.39 is 5.60 Å². The number of nitrogens with one attached hydrogen (secondary N) is 1. The van der Waals surface area contributed by atoms with Crippen molar-refractivity contribution >= 4 is 28.2 Å². The maximum atomic E-state index is 12.5.